The van der Waals surface area contributed by atoms with Gasteiger partial charge in [-0.3, -0.25) is 0 Å². The molecular weight excluding hydrogens is 202 g/mol. The van der Waals surface area contributed by atoms with Crippen LogP contribution in [0.2, 0.25) is 0 Å². The molecule has 0 aliphatic heterocycles. The lowest BCUT2D eigenvalue weighted by Gasteiger charge is -2.04. The van der Waals surface area contributed by atoms with Crippen LogP contribution in [0.4, 0.5) is 0 Å². The average Bonchev–Trinajstić information content (AvgIpc) is 2.87. The van der Waals surface area contributed by atoms with Crippen LogP contribution < -0.4 is 5.73 Å². The van der Waals surface area contributed by atoms with E-state index in [1.165, 1.54) is 5.56 Å². The molecule has 0 aliphatic rings. The molecular formula is C12H17N3O. The van der Waals surface area contributed by atoms with Crippen LogP contribution in [0, 0.1) is 6.92 Å². The van der Waals surface area contributed by atoms with Crippen molar-refractivity contribution in [1.82, 2.24) is 9.72 Å². The minimum atomic E-state index is 0.123. The fourth-order valence-electron chi connectivity index (χ4n) is 1.68. The largest absolute Gasteiger partial charge is 0.359 e. The standard InChI is InChI=1S/C12H17N3O/c1-3-12(13)10-4-5-15(7-10)8-11-6-9(2)14-16-11/h4-7,12H,3,8,13H2,1-2H3. The number of hydrogen-bond donors (Lipinski definition) is 1. The molecule has 0 amide bonds. The Bertz CT molecular complexity index is 458. The normalized spacial score (nSPS) is 12.9. The monoisotopic (exact) mass is 219 g/mol. The zero-order valence-corrected chi connectivity index (χ0v) is 9.68. The summed E-state index contributed by atoms with van der Waals surface area (Å²) in [7, 11) is 0. The third kappa shape index (κ3) is 2.33. The van der Waals surface area contributed by atoms with Gasteiger partial charge in [0.05, 0.1) is 12.2 Å². The predicted octanol–water partition coefficient (Wildman–Crippen LogP) is 2.24. The summed E-state index contributed by atoms with van der Waals surface area (Å²) in [6, 6.07) is 4.12. The summed E-state index contributed by atoms with van der Waals surface area (Å²) in [5.41, 5.74) is 8.03. The lowest BCUT2D eigenvalue weighted by Crippen LogP contribution is -2.07. The van der Waals surface area contributed by atoms with Crippen LogP contribution in [0.5, 0.6) is 0 Å². The second kappa shape index (κ2) is 4.53. The minimum absolute atomic E-state index is 0.123. The van der Waals surface area contributed by atoms with Crippen molar-refractivity contribution in [2.45, 2.75) is 32.9 Å². The molecule has 2 aromatic rings. The number of aryl methyl sites for hydroxylation is 1. The summed E-state index contributed by atoms with van der Waals surface area (Å²) in [6.45, 7) is 4.71. The number of nitrogens with two attached hydrogens (primary N) is 1. The Hall–Kier alpha value is -1.55. The SMILES string of the molecule is CCC(N)c1ccn(Cc2cc(C)no2)c1. The number of aromatic nitrogens is 2. The van der Waals surface area contributed by atoms with Gasteiger partial charge >= 0.3 is 0 Å². The summed E-state index contributed by atoms with van der Waals surface area (Å²) in [5, 5.41) is 3.86. The molecule has 2 aromatic heterocycles. The molecule has 4 nitrogen and oxygen atoms in total. The summed E-state index contributed by atoms with van der Waals surface area (Å²) in [5.74, 6) is 0.865. The average molecular weight is 219 g/mol. The van der Waals surface area contributed by atoms with E-state index in [1.54, 1.807) is 0 Å². The fourth-order valence-corrected chi connectivity index (χ4v) is 1.68. The van der Waals surface area contributed by atoms with E-state index in [0.29, 0.717) is 6.54 Å². The highest BCUT2D eigenvalue weighted by Crippen LogP contribution is 2.15. The van der Waals surface area contributed by atoms with Gasteiger partial charge in [-0.15, -0.1) is 0 Å². The van der Waals surface area contributed by atoms with Crippen molar-refractivity contribution in [2.75, 3.05) is 0 Å². The molecule has 0 fully saturated rings. The second-order valence-electron chi connectivity index (χ2n) is 4.07. The van der Waals surface area contributed by atoms with Gasteiger partial charge in [-0.25, -0.2) is 0 Å². The van der Waals surface area contributed by atoms with Crippen molar-refractivity contribution in [2.24, 2.45) is 5.73 Å². The van der Waals surface area contributed by atoms with Gasteiger partial charge in [0.1, 0.15) is 0 Å². The van der Waals surface area contributed by atoms with Gasteiger partial charge in [-0.1, -0.05) is 12.1 Å². The highest BCUT2D eigenvalue weighted by molar-refractivity contribution is 5.16. The van der Waals surface area contributed by atoms with E-state index in [2.05, 4.69) is 28.9 Å². The van der Waals surface area contributed by atoms with Crippen LogP contribution in [0.15, 0.2) is 29.0 Å². The molecule has 1 unspecified atom stereocenters. The van der Waals surface area contributed by atoms with Crippen LogP contribution in [-0.2, 0) is 6.54 Å². The Kier molecular flexibility index (Phi) is 3.10. The topological polar surface area (TPSA) is 57.0 Å². The molecule has 0 saturated heterocycles. The number of nitrogens with zero attached hydrogens (tertiary/aromatic N) is 2. The fraction of sp³-hybridized carbons (Fsp3) is 0.417. The van der Waals surface area contributed by atoms with Gasteiger partial charge in [0, 0.05) is 24.5 Å². The molecule has 0 saturated carbocycles. The first kappa shape index (κ1) is 11.0. The molecule has 2 N–H and O–H groups in total. The Morgan fingerprint density at radius 3 is 3.00 bits per heavy atom. The van der Waals surface area contributed by atoms with Gasteiger partial charge in [-0.05, 0) is 25.0 Å². The van der Waals surface area contributed by atoms with Crippen molar-refractivity contribution in [1.29, 1.82) is 0 Å². The lowest BCUT2D eigenvalue weighted by molar-refractivity contribution is 0.373. The third-order valence-electron chi connectivity index (χ3n) is 2.66. The van der Waals surface area contributed by atoms with Crippen molar-refractivity contribution >= 4 is 0 Å². The summed E-state index contributed by atoms with van der Waals surface area (Å²) >= 11 is 0. The first-order chi connectivity index (χ1) is 7.69. The molecule has 0 aromatic carbocycles. The van der Waals surface area contributed by atoms with Crippen molar-refractivity contribution in [3.8, 4) is 0 Å². The lowest BCUT2D eigenvalue weighted by atomic mass is 10.1. The van der Waals surface area contributed by atoms with E-state index in [0.717, 1.165) is 17.9 Å². The zero-order chi connectivity index (χ0) is 11.5. The third-order valence-corrected chi connectivity index (χ3v) is 2.66. The molecule has 4 heteroatoms. The second-order valence-corrected chi connectivity index (χ2v) is 4.07. The summed E-state index contributed by atoms with van der Waals surface area (Å²) in [6.07, 6.45) is 5.03. The highest BCUT2D eigenvalue weighted by atomic mass is 16.5. The maximum absolute atomic E-state index is 5.96. The predicted molar refractivity (Wildman–Crippen MR) is 62.0 cm³/mol. The van der Waals surface area contributed by atoms with E-state index < -0.39 is 0 Å². The van der Waals surface area contributed by atoms with Crippen LogP contribution in [0.1, 0.15) is 36.4 Å². The van der Waals surface area contributed by atoms with Crippen LogP contribution in [0.25, 0.3) is 0 Å². The molecule has 1 atom stereocenters. The molecule has 0 spiro atoms. The van der Waals surface area contributed by atoms with Crippen molar-refractivity contribution < 1.29 is 4.52 Å². The van der Waals surface area contributed by atoms with E-state index >= 15 is 0 Å². The molecule has 2 heterocycles. The zero-order valence-electron chi connectivity index (χ0n) is 9.68. The summed E-state index contributed by atoms with van der Waals surface area (Å²) in [4.78, 5) is 0. The summed E-state index contributed by atoms with van der Waals surface area (Å²) < 4.78 is 7.22. The first-order valence-corrected chi connectivity index (χ1v) is 5.52. The molecule has 0 radical (unpaired) electrons. The van der Waals surface area contributed by atoms with Crippen LogP contribution in [0.3, 0.4) is 0 Å². The molecule has 16 heavy (non-hydrogen) atoms. The van der Waals surface area contributed by atoms with E-state index in [9.17, 15) is 0 Å². The van der Waals surface area contributed by atoms with E-state index in [-0.39, 0.29) is 6.04 Å². The Labute approximate surface area is 95.0 Å². The Balaban J connectivity index is 2.08. The molecule has 2 rings (SSSR count). The Morgan fingerprint density at radius 2 is 2.38 bits per heavy atom. The smallest absolute Gasteiger partial charge is 0.156 e. The Morgan fingerprint density at radius 1 is 1.56 bits per heavy atom. The van der Waals surface area contributed by atoms with E-state index in [1.807, 2.05) is 19.2 Å². The van der Waals surface area contributed by atoms with Gasteiger partial charge in [-0.2, -0.15) is 0 Å². The number of hydrogen-bond acceptors (Lipinski definition) is 3. The van der Waals surface area contributed by atoms with Crippen molar-refractivity contribution in [3.63, 3.8) is 0 Å². The van der Waals surface area contributed by atoms with Crippen LogP contribution >= 0.6 is 0 Å². The maximum atomic E-state index is 5.96. The quantitative estimate of drug-likeness (QED) is 0.858. The highest BCUT2D eigenvalue weighted by Gasteiger charge is 2.06. The molecule has 0 aliphatic carbocycles. The van der Waals surface area contributed by atoms with Gasteiger partial charge in [0.15, 0.2) is 5.76 Å². The first-order valence-electron chi connectivity index (χ1n) is 5.52. The molecule has 0 bridgehead atoms. The van der Waals surface area contributed by atoms with Crippen molar-refractivity contribution in [3.05, 3.63) is 41.5 Å². The van der Waals surface area contributed by atoms with Gasteiger partial charge < -0.3 is 14.8 Å². The van der Waals surface area contributed by atoms with Gasteiger partial charge in [0.25, 0.3) is 0 Å². The van der Waals surface area contributed by atoms with Gasteiger partial charge in [0.2, 0.25) is 0 Å². The van der Waals surface area contributed by atoms with E-state index in [4.69, 9.17) is 10.3 Å². The minimum Gasteiger partial charge on any atom is -0.359 e. The maximum Gasteiger partial charge on any atom is 0.156 e. The number of rotatable bonds is 4. The van der Waals surface area contributed by atoms with Crippen LogP contribution in [-0.4, -0.2) is 9.72 Å². The molecule has 86 valence electrons.